The van der Waals surface area contributed by atoms with Crippen molar-refractivity contribution in [2.45, 2.75) is 45.8 Å². The molecule has 1 aromatic heterocycles. The van der Waals surface area contributed by atoms with Gasteiger partial charge >= 0.3 is 6.01 Å². The molecule has 2 heterocycles. The van der Waals surface area contributed by atoms with Crippen molar-refractivity contribution in [2.24, 2.45) is 0 Å². The number of fused-ring (bicyclic) bond motifs is 1. The van der Waals surface area contributed by atoms with Crippen LogP contribution in [0, 0.1) is 0 Å². The van der Waals surface area contributed by atoms with Gasteiger partial charge in [0.2, 0.25) is 5.89 Å². The van der Waals surface area contributed by atoms with Crippen molar-refractivity contribution in [3.05, 3.63) is 41.3 Å². The van der Waals surface area contributed by atoms with Crippen LogP contribution in [0.3, 0.4) is 0 Å². The summed E-state index contributed by atoms with van der Waals surface area (Å²) in [5.74, 6) is 0.638. The van der Waals surface area contributed by atoms with Gasteiger partial charge in [-0.15, -0.1) is 5.10 Å². The lowest BCUT2D eigenvalue weighted by atomic mass is 10.0. The Morgan fingerprint density at radius 2 is 1.95 bits per heavy atom. The summed E-state index contributed by atoms with van der Waals surface area (Å²) in [6, 6.07) is 9.15. The minimum atomic E-state index is 0.0404. The highest BCUT2D eigenvalue weighted by molar-refractivity contribution is 5.37. The van der Waals surface area contributed by atoms with Gasteiger partial charge < -0.3 is 14.6 Å². The van der Waals surface area contributed by atoms with Gasteiger partial charge in [-0.05, 0) is 38.3 Å². The number of aromatic nitrogens is 2. The molecule has 0 unspecified atom stereocenters. The van der Waals surface area contributed by atoms with Gasteiger partial charge in [0.15, 0.2) is 0 Å². The molecule has 1 aliphatic rings. The Kier molecular flexibility index (Phi) is 3.68. The van der Waals surface area contributed by atoms with E-state index in [1.807, 2.05) is 0 Å². The number of benzene rings is 1. The summed E-state index contributed by atoms with van der Waals surface area (Å²) in [5, 5.41) is 11.7. The fourth-order valence-corrected chi connectivity index (χ4v) is 2.44. The molecule has 3 rings (SSSR count). The monoisotopic (exact) mass is 286 g/mol. The molecule has 0 amide bonds. The van der Waals surface area contributed by atoms with E-state index >= 15 is 0 Å². The maximum Gasteiger partial charge on any atom is 0.318 e. The summed E-state index contributed by atoms with van der Waals surface area (Å²) in [5.41, 5.74) is 2.80. The van der Waals surface area contributed by atoms with E-state index in [0.717, 1.165) is 19.5 Å². The molecule has 0 radical (unpaired) electrons. The normalized spacial score (nSPS) is 15.1. The van der Waals surface area contributed by atoms with Crippen molar-refractivity contribution < 1.29 is 4.42 Å². The first-order chi connectivity index (χ1) is 10.0. The maximum atomic E-state index is 5.77. The standard InChI is InChI=1S/C16H22N4O/c1-16(2,3)17-10-14-18-19-15(21-14)20-9-8-12-6-4-5-7-13(12)11-20/h4-7,17H,8-11H2,1-3H3. The summed E-state index contributed by atoms with van der Waals surface area (Å²) in [6.07, 6.45) is 1.02. The smallest absolute Gasteiger partial charge is 0.318 e. The van der Waals surface area contributed by atoms with Crippen LogP contribution in [0.2, 0.25) is 0 Å². The zero-order chi connectivity index (χ0) is 14.9. The molecule has 112 valence electrons. The highest BCUT2D eigenvalue weighted by Crippen LogP contribution is 2.23. The van der Waals surface area contributed by atoms with Crippen LogP contribution >= 0.6 is 0 Å². The molecule has 2 aromatic rings. The third kappa shape index (κ3) is 3.42. The molecular weight excluding hydrogens is 264 g/mol. The van der Waals surface area contributed by atoms with Gasteiger partial charge in [0, 0.05) is 18.6 Å². The Hall–Kier alpha value is -1.88. The van der Waals surface area contributed by atoms with Crippen molar-refractivity contribution in [1.82, 2.24) is 15.5 Å². The fourth-order valence-electron chi connectivity index (χ4n) is 2.44. The van der Waals surface area contributed by atoms with Crippen LogP contribution in [0.4, 0.5) is 6.01 Å². The summed E-state index contributed by atoms with van der Waals surface area (Å²) >= 11 is 0. The Morgan fingerprint density at radius 1 is 1.19 bits per heavy atom. The van der Waals surface area contributed by atoms with Crippen LogP contribution in [0.5, 0.6) is 0 Å². The number of hydrogen-bond donors (Lipinski definition) is 1. The summed E-state index contributed by atoms with van der Waals surface area (Å²) in [7, 11) is 0. The first-order valence-electron chi connectivity index (χ1n) is 7.40. The Balaban J connectivity index is 1.67. The predicted octanol–water partition coefficient (Wildman–Crippen LogP) is 2.52. The lowest BCUT2D eigenvalue weighted by Crippen LogP contribution is -2.35. The van der Waals surface area contributed by atoms with E-state index in [9.17, 15) is 0 Å². The van der Waals surface area contributed by atoms with Gasteiger partial charge in [0.25, 0.3) is 0 Å². The molecular formula is C16H22N4O. The van der Waals surface area contributed by atoms with Crippen molar-refractivity contribution in [1.29, 1.82) is 0 Å². The minimum absolute atomic E-state index is 0.0404. The second kappa shape index (κ2) is 5.48. The van der Waals surface area contributed by atoms with E-state index in [0.29, 0.717) is 18.5 Å². The third-order valence-corrected chi connectivity index (χ3v) is 3.63. The molecule has 21 heavy (non-hydrogen) atoms. The average molecular weight is 286 g/mol. The third-order valence-electron chi connectivity index (χ3n) is 3.63. The van der Waals surface area contributed by atoms with Gasteiger partial charge in [-0.25, -0.2) is 0 Å². The Bertz CT molecular complexity index is 615. The second-order valence-corrected chi connectivity index (χ2v) is 6.52. The Labute approximate surface area is 125 Å². The zero-order valence-electron chi connectivity index (χ0n) is 12.9. The molecule has 5 nitrogen and oxygen atoms in total. The van der Waals surface area contributed by atoms with Crippen LogP contribution in [0.25, 0.3) is 0 Å². The second-order valence-electron chi connectivity index (χ2n) is 6.52. The largest absolute Gasteiger partial charge is 0.407 e. The lowest BCUT2D eigenvalue weighted by Gasteiger charge is -2.26. The van der Waals surface area contributed by atoms with Crippen LogP contribution < -0.4 is 10.2 Å². The van der Waals surface area contributed by atoms with Crippen molar-refractivity contribution in [3.8, 4) is 0 Å². The van der Waals surface area contributed by atoms with Crippen molar-refractivity contribution in [3.63, 3.8) is 0 Å². The highest BCUT2D eigenvalue weighted by atomic mass is 16.4. The minimum Gasteiger partial charge on any atom is -0.407 e. The molecule has 1 N–H and O–H groups in total. The van der Waals surface area contributed by atoms with Gasteiger partial charge in [0.05, 0.1) is 6.54 Å². The van der Waals surface area contributed by atoms with E-state index in [1.54, 1.807) is 0 Å². The molecule has 1 aliphatic heterocycles. The van der Waals surface area contributed by atoms with Crippen LogP contribution in [0.15, 0.2) is 28.7 Å². The number of hydrogen-bond acceptors (Lipinski definition) is 5. The average Bonchev–Trinajstić information content (AvgIpc) is 2.93. The maximum absolute atomic E-state index is 5.77. The summed E-state index contributed by atoms with van der Waals surface area (Å²) in [4.78, 5) is 2.15. The molecule has 0 atom stereocenters. The molecule has 1 aromatic carbocycles. The molecule has 5 heteroatoms. The molecule has 0 bridgehead atoms. The summed E-state index contributed by atoms with van der Waals surface area (Å²) < 4.78 is 5.77. The van der Waals surface area contributed by atoms with E-state index in [2.05, 4.69) is 65.5 Å². The number of nitrogens with zero attached hydrogens (tertiary/aromatic N) is 3. The number of nitrogens with one attached hydrogen (secondary N) is 1. The van der Waals surface area contributed by atoms with E-state index < -0.39 is 0 Å². The molecule has 0 saturated carbocycles. The van der Waals surface area contributed by atoms with Crippen LogP contribution in [0.1, 0.15) is 37.8 Å². The van der Waals surface area contributed by atoms with Crippen LogP contribution in [-0.4, -0.2) is 22.3 Å². The van der Waals surface area contributed by atoms with E-state index in [-0.39, 0.29) is 5.54 Å². The topological polar surface area (TPSA) is 54.2 Å². The van der Waals surface area contributed by atoms with Gasteiger partial charge in [-0.1, -0.05) is 29.4 Å². The highest BCUT2D eigenvalue weighted by Gasteiger charge is 2.21. The Morgan fingerprint density at radius 3 is 2.71 bits per heavy atom. The number of rotatable bonds is 3. The van der Waals surface area contributed by atoms with Crippen LogP contribution in [-0.2, 0) is 19.5 Å². The van der Waals surface area contributed by atoms with Gasteiger partial charge in [-0.3, -0.25) is 0 Å². The zero-order valence-corrected chi connectivity index (χ0v) is 12.9. The van der Waals surface area contributed by atoms with Gasteiger partial charge in [0.1, 0.15) is 0 Å². The SMILES string of the molecule is CC(C)(C)NCc1nnc(N2CCc3ccccc3C2)o1. The molecule has 0 fully saturated rings. The first kappa shape index (κ1) is 14.1. The first-order valence-corrected chi connectivity index (χ1v) is 7.40. The molecule has 0 aliphatic carbocycles. The van der Waals surface area contributed by atoms with Crippen molar-refractivity contribution >= 4 is 6.01 Å². The quantitative estimate of drug-likeness (QED) is 0.939. The number of anilines is 1. The molecule has 0 saturated heterocycles. The fraction of sp³-hybridized carbons (Fsp3) is 0.500. The van der Waals surface area contributed by atoms with Crippen molar-refractivity contribution in [2.75, 3.05) is 11.4 Å². The van der Waals surface area contributed by atoms with E-state index in [4.69, 9.17) is 4.42 Å². The van der Waals surface area contributed by atoms with E-state index in [1.165, 1.54) is 11.1 Å². The van der Waals surface area contributed by atoms with Gasteiger partial charge in [-0.2, -0.15) is 0 Å². The predicted molar refractivity (Wildman–Crippen MR) is 82.1 cm³/mol. The lowest BCUT2D eigenvalue weighted by molar-refractivity contribution is 0.380. The molecule has 0 spiro atoms. The summed E-state index contributed by atoms with van der Waals surface area (Å²) in [6.45, 7) is 8.71.